The van der Waals surface area contributed by atoms with Crippen molar-refractivity contribution in [3.63, 3.8) is 0 Å². The molecule has 8 heteroatoms. The van der Waals surface area contributed by atoms with Gasteiger partial charge < -0.3 is 10.5 Å². The number of carbonyl (C=O) groups is 2. The summed E-state index contributed by atoms with van der Waals surface area (Å²) in [6.07, 6.45) is 1.98. The molecule has 150 valence electrons. The molecular formula is C21H22N4O3S. The van der Waals surface area contributed by atoms with Crippen LogP contribution in [0.25, 0.3) is 0 Å². The Hall–Kier alpha value is -3.26. The second-order valence-corrected chi connectivity index (χ2v) is 7.44. The first-order valence-corrected chi connectivity index (χ1v) is 10.1. The third-order valence-corrected chi connectivity index (χ3v) is 5.49. The van der Waals surface area contributed by atoms with Crippen LogP contribution >= 0.6 is 11.3 Å². The summed E-state index contributed by atoms with van der Waals surface area (Å²) in [5, 5.41) is 12.5. The summed E-state index contributed by atoms with van der Waals surface area (Å²) < 4.78 is 5.72. The van der Waals surface area contributed by atoms with E-state index < -0.39 is 5.91 Å². The van der Waals surface area contributed by atoms with Crippen molar-refractivity contribution in [1.82, 2.24) is 10.2 Å². The van der Waals surface area contributed by atoms with E-state index in [1.165, 1.54) is 11.3 Å². The molecule has 2 aromatic carbocycles. The average molecular weight is 410 g/mol. The van der Waals surface area contributed by atoms with Gasteiger partial charge in [-0.2, -0.15) is 0 Å². The third kappa shape index (κ3) is 5.17. The monoisotopic (exact) mass is 410 g/mol. The Balaban J connectivity index is 1.62. The lowest BCUT2D eigenvalue weighted by atomic mass is 10.1. The minimum atomic E-state index is -0.491. The number of aromatic nitrogens is 2. The Morgan fingerprint density at radius 3 is 2.03 bits per heavy atom. The molecule has 29 heavy (non-hydrogen) atoms. The number of primary amides is 1. The molecule has 0 aliphatic rings. The first kappa shape index (κ1) is 20.5. The molecule has 3 rings (SSSR count). The number of carbonyl (C=O) groups excluding carboxylic acids is 2. The van der Waals surface area contributed by atoms with E-state index in [-0.39, 0.29) is 5.91 Å². The summed E-state index contributed by atoms with van der Waals surface area (Å²) in [7, 11) is 0. The maximum Gasteiger partial charge on any atom is 0.257 e. The summed E-state index contributed by atoms with van der Waals surface area (Å²) >= 11 is 1.41. The topological polar surface area (TPSA) is 107 Å². The highest BCUT2D eigenvalue weighted by molar-refractivity contribution is 7.15. The van der Waals surface area contributed by atoms with Gasteiger partial charge in [0, 0.05) is 17.0 Å². The number of rotatable bonds is 8. The zero-order chi connectivity index (χ0) is 20.8. The number of nitrogens with one attached hydrogen (secondary N) is 1. The molecule has 0 saturated carbocycles. The van der Waals surface area contributed by atoms with E-state index in [0.29, 0.717) is 33.7 Å². The first-order valence-electron chi connectivity index (χ1n) is 9.32. The molecule has 7 nitrogen and oxygen atoms in total. The van der Waals surface area contributed by atoms with Gasteiger partial charge >= 0.3 is 0 Å². The third-order valence-electron chi connectivity index (χ3n) is 4.49. The van der Waals surface area contributed by atoms with Gasteiger partial charge in [0.15, 0.2) is 0 Å². The van der Waals surface area contributed by atoms with Crippen molar-refractivity contribution in [1.29, 1.82) is 0 Å². The average Bonchev–Trinajstić information content (AvgIpc) is 3.18. The zero-order valence-corrected chi connectivity index (χ0v) is 17.0. The van der Waals surface area contributed by atoms with Crippen LogP contribution in [0.2, 0.25) is 0 Å². The fraction of sp³-hybridized carbons (Fsp3) is 0.238. The molecule has 0 fully saturated rings. The Labute approximate surface area is 172 Å². The molecule has 0 saturated heterocycles. The van der Waals surface area contributed by atoms with Crippen LogP contribution in [-0.4, -0.2) is 22.0 Å². The standard InChI is InChI=1S/C21H22N4O3S/c1-3-13(4-2)20-24-25-21(29-20)23-19(27)15-7-11-17(12-8-15)28-16-9-5-14(6-10-16)18(22)26/h5-13H,3-4H2,1-2H3,(H2,22,26)(H,23,25,27). The van der Waals surface area contributed by atoms with Crippen molar-refractivity contribution in [3.05, 3.63) is 64.7 Å². The van der Waals surface area contributed by atoms with Crippen LogP contribution in [0.15, 0.2) is 48.5 Å². The van der Waals surface area contributed by atoms with E-state index in [1.807, 2.05) is 0 Å². The summed E-state index contributed by atoms with van der Waals surface area (Å²) in [5.74, 6) is 0.755. The van der Waals surface area contributed by atoms with Crippen LogP contribution < -0.4 is 15.8 Å². The van der Waals surface area contributed by atoms with Gasteiger partial charge in [0.25, 0.3) is 5.91 Å². The van der Waals surface area contributed by atoms with Crippen molar-refractivity contribution in [3.8, 4) is 11.5 Å². The van der Waals surface area contributed by atoms with Crippen molar-refractivity contribution < 1.29 is 14.3 Å². The lowest BCUT2D eigenvalue weighted by molar-refractivity contribution is 0.0997. The molecule has 0 unspecified atom stereocenters. The van der Waals surface area contributed by atoms with Crippen molar-refractivity contribution >= 4 is 28.3 Å². The number of hydrogen-bond acceptors (Lipinski definition) is 6. The second-order valence-electron chi connectivity index (χ2n) is 6.43. The molecule has 2 amide bonds. The molecule has 1 heterocycles. The number of nitrogens with two attached hydrogens (primary N) is 1. The molecule has 0 atom stereocenters. The van der Waals surface area contributed by atoms with E-state index in [4.69, 9.17) is 10.5 Å². The van der Waals surface area contributed by atoms with Gasteiger partial charge in [0.2, 0.25) is 11.0 Å². The Morgan fingerprint density at radius 1 is 0.966 bits per heavy atom. The van der Waals surface area contributed by atoms with Crippen molar-refractivity contribution in [2.24, 2.45) is 5.73 Å². The Bertz CT molecular complexity index is 980. The van der Waals surface area contributed by atoms with Gasteiger partial charge in [-0.25, -0.2) is 0 Å². The number of nitrogens with zero attached hydrogens (tertiary/aromatic N) is 2. The summed E-state index contributed by atoms with van der Waals surface area (Å²) in [6.45, 7) is 4.23. The summed E-state index contributed by atoms with van der Waals surface area (Å²) in [4.78, 5) is 23.6. The first-order chi connectivity index (χ1) is 14.0. The molecule has 3 aromatic rings. The fourth-order valence-corrected chi connectivity index (χ4v) is 3.76. The van der Waals surface area contributed by atoms with Gasteiger partial charge in [0.1, 0.15) is 16.5 Å². The van der Waals surface area contributed by atoms with Crippen LogP contribution in [0.5, 0.6) is 11.5 Å². The number of anilines is 1. The normalized spacial score (nSPS) is 10.7. The molecule has 1 aromatic heterocycles. The molecule has 0 aliphatic carbocycles. The zero-order valence-electron chi connectivity index (χ0n) is 16.2. The molecule has 3 N–H and O–H groups in total. The number of ether oxygens (including phenoxy) is 1. The number of amides is 2. The van der Waals surface area contributed by atoms with Crippen LogP contribution in [0.1, 0.15) is 58.3 Å². The van der Waals surface area contributed by atoms with Gasteiger partial charge in [-0.3, -0.25) is 14.9 Å². The van der Waals surface area contributed by atoms with E-state index >= 15 is 0 Å². The highest BCUT2D eigenvalue weighted by Gasteiger charge is 2.15. The van der Waals surface area contributed by atoms with Crippen LogP contribution in [0.3, 0.4) is 0 Å². The fourth-order valence-electron chi connectivity index (χ4n) is 2.75. The quantitative estimate of drug-likeness (QED) is 0.565. The summed E-state index contributed by atoms with van der Waals surface area (Å²) in [5.41, 5.74) is 6.12. The van der Waals surface area contributed by atoms with Crippen molar-refractivity contribution in [2.75, 3.05) is 5.32 Å². The largest absolute Gasteiger partial charge is 0.457 e. The molecule has 0 bridgehead atoms. The van der Waals surface area contributed by atoms with E-state index in [9.17, 15) is 9.59 Å². The maximum absolute atomic E-state index is 12.4. The molecular weight excluding hydrogens is 388 g/mol. The maximum atomic E-state index is 12.4. The minimum absolute atomic E-state index is 0.255. The van der Waals surface area contributed by atoms with Gasteiger partial charge in [0.05, 0.1) is 0 Å². The Kier molecular flexibility index (Phi) is 6.56. The highest BCUT2D eigenvalue weighted by Crippen LogP contribution is 2.28. The van der Waals surface area contributed by atoms with Gasteiger partial charge in [-0.1, -0.05) is 25.2 Å². The second kappa shape index (κ2) is 9.29. The van der Waals surface area contributed by atoms with E-state index in [0.717, 1.165) is 17.8 Å². The SMILES string of the molecule is CCC(CC)c1nnc(NC(=O)c2ccc(Oc3ccc(C(N)=O)cc3)cc2)s1. The minimum Gasteiger partial charge on any atom is -0.457 e. The predicted octanol–water partition coefficient (Wildman–Crippen LogP) is 4.59. The lowest BCUT2D eigenvalue weighted by Crippen LogP contribution is -2.11. The molecule has 0 spiro atoms. The highest BCUT2D eigenvalue weighted by atomic mass is 32.1. The van der Waals surface area contributed by atoms with Crippen LogP contribution in [0, 0.1) is 0 Å². The van der Waals surface area contributed by atoms with Gasteiger partial charge in [-0.15, -0.1) is 10.2 Å². The molecule has 0 radical (unpaired) electrons. The van der Waals surface area contributed by atoms with Crippen LogP contribution in [0.4, 0.5) is 5.13 Å². The number of benzene rings is 2. The lowest BCUT2D eigenvalue weighted by Gasteiger charge is -2.07. The summed E-state index contributed by atoms with van der Waals surface area (Å²) in [6, 6.07) is 13.3. The van der Waals surface area contributed by atoms with E-state index in [1.54, 1.807) is 48.5 Å². The Morgan fingerprint density at radius 2 is 1.52 bits per heavy atom. The predicted molar refractivity (Wildman–Crippen MR) is 113 cm³/mol. The van der Waals surface area contributed by atoms with Gasteiger partial charge in [-0.05, 0) is 61.4 Å². The van der Waals surface area contributed by atoms with Crippen LogP contribution in [-0.2, 0) is 0 Å². The van der Waals surface area contributed by atoms with E-state index in [2.05, 4.69) is 29.4 Å². The smallest absolute Gasteiger partial charge is 0.257 e. The number of hydrogen-bond donors (Lipinski definition) is 2. The van der Waals surface area contributed by atoms with Crippen molar-refractivity contribution in [2.45, 2.75) is 32.6 Å². The molecule has 0 aliphatic heterocycles.